The molecule has 2 heterocycles. The van der Waals surface area contributed by atoms with Gasteiger partial charge in [-0.1, -0.05) is 12.1 Å². The SMILES string of the molecule is NS(=O)(=O)N1CCN(Cc2ccc(-n3ccnc3)cc2)CC1. The molecule has 1 aliphatic rings. The number of benzene rings is 1. The summed E-state index contributed by atoms with van der Waals surface area (Å²) in [6.45, 7) is 3.10. The standard InChI is InChI=1S/C14H19N5O2S/c15-22(20,21)19-9-7-17(8-10-19)11-13-1-3-14(4-2-13)18-6-5-16-12-18/h1-6,12H,7-11H2,(H2,15,20,21). The Bertz CT molecular complexity index is 704. The third kappa shape index (κ3) is 3.53. The molecule has 3 rings (SSSR count). The van der Waals surface area contributed by atoms with Crippen LogP contribution in [0.3, 0.4) is 0 Å². The number of aromatic nitrogens is 2. The summed E-state index contributed by atoms with van der Waals surface area (Å²) in [5.41, 5.74) is 2.27. The quantitative estimate of drug-likeness (QED) is 0.871. The topological polar surface area (TPSA) is 84.5 Å². The van der Waals surface area contributed by atoms with Crippen LogP contribution in [0.25, 0.3) is 5.69 Å². The molecule has 1 aromatic carbocycles. The van der Waals surface area contributed by atoms with Crippen molar-refractivity contribution < 1.29 is 8.42 Å². The highest BCUT2D eigenvalue weighted by molar-refractivity contribution is 7.86. The van der Waals surface area contributed by atoms with Crippen LogP contribution >= 0.6 is 0 Å². The molecule has 0 atom stereocenters. The molecule has 2 aromatic rings. The second-order valence-corrected chi connectivity index (χ2v) is 6.90. The van der Waals surface area contributed by atoms with Gasteiger partial charge in [0.1, 0.15) is 0 Å². The highest BCUT2D eigenvalue weighted by Crippen LogP contribution is 2.13. The Morgan fingerprint density at radius 3 is 2.32 bits per heavy atom. The molecule has 2 N–H and O–H groups in total. The van der Waals surface area contributed by atoms with Crippen molar-refractivity contribution in [3.8, 4) is 5.69 Å². The maximum absolute atomic E-state index is 11.3. The second kappa shape index (κ2) is 6.17. The van der Waals surface area contributed by atoms with Crippen LogP contribution in [-0.4, -0.2) is 53.4 Å². The third-order valence-corrected chi connectivity index (χ3v) is 4.92. The molecule has 0 amide bonds. The van der Waals surface area contributed by atoms with E-state index in [4.69, 9.17) is 5.14 Å². The van der Waals surface area contributed by atoms with Gasteiger partial charge in [0, 0.05) is 50.8 Å². The van der Waals surface area contributed by atoms with E-state index >= 15 is 0 Å². The van der Waals surface area contributed by atoms with E-state index in [1.807, 2.05) is 10.8 Å². The van der Waals surface area contributed by atoms with E-state index in [1.54, 1.807) is 12.5 Å². The fraction of sp³-hybridized carbons (Fsp3) is 0.357. The molecule has 0 unspecified atom stereocenters. The van der Waals surface area contributed by atoms with Crippen LogP contribution in [0.15, 0.2) is 43.0 Å². The molecule has 0 bridgehead atoms. The highest BCUT2D eigenvalue weighted by Gasteiger charge is 2.23. The third-order valence-electron chi connectivity index (χ3n) is 3.84. The summed E-state index contributed by atoms with van der Waals surface area (Å²) in [6.07, 6.45) is 5.42. The Morgan fingerprint density at radius 1 is 1.09 bits per heavy atom. The Balaban J connectivity index is 1.58. The smallest absolute Gasteiger partial charge is 0.276 e. The van der Waals surface area contributed by atoms with Crippen molar-refractivity contribution in [3.05, 3.63) is 48.5 Å². The summed E-state index contributed by atoms with van der Waals surface area (Å²) in [5.74, 6) is 0. The lowest BCUT2D eigenvalue weighted by Crippen LogP contribution is -2.50. The fourth-order valence-electron chi connectivity index (χ4n) is 2.59. The zero-order valence-electron chi connectivity index (χ0n) is 12.2. The van der Waals surface area contributed by atoms with Crippen LogP contribution in [-0.2, 0) is 16.8 Å². The van der Waals surface area contributed by atoms with Crippen molar-refractivity contribution in [1.29, 1.82) is 0 Å². The molecule has 0 spiro atoms. The summed E-state index contributed by atoms with van der Waals surface area (Å²) in [5, 5.41) is 5.14. The van der Waals surface area contributed by atoms with Crippen LogP contribution in [0.2, 0.25) is 0 Å². The largest absolute Gasteiger partial charge is 0.306 e. The average Bonchev–Trinajstić information content (AvgIpc) is 3.02. The lowest BCUT2D eigenvalue weighted by Gasteiger charge is -2.32. The van der Waals surface area contributed by atoms with Crippen LogP contribution in [0.1, 0.15) is 5.56 Å². The van der Waals surface area contributed by atoms with E-state index in [-0.39, 0.29) is 0 Å². The molecule has 7 nitrogen and oxygen atoms in total. The molecule has 0 saturated carbocycles. The van der Waals surface area contributed by atoms with E-state index in [0.29, 0.717) is 26.2 Å². The summed E-state index contributed by atoms with van der Waals surface area (Å²) < 4.78 is 25.8. The van der Waals surface area contributed by atoms with E-state index in [9.17, 15) is 8.42 Å². The van der Waals surface area contributed by atoms with Crippen molar-refractivity contribution >= 4 is 10.2 Å². The number of nitrogens with zero attached hydrogens (tertiary/aromatic N) is 4. The van der Waals surface area contributed by atoms with Crippen LogP contribution < -0.4 is 5.14 Å². The summed E-state index contributed by atoms with van der Waals surface area (Å²) in [4.78, 5) is 6.26. The molecule has 8 heteroatoms. The van der Waals surface area contributed by atoms with Crippen LogP contribution in [0.4, 0.5) is 0 Å². The van der Waals surface area contributed by atoms with E-state index in [0.717, 1.165) is 12.2 Å². The molecular formula is C14H19N5O2S. The second-order valence-electron chi connectivity index (χ2n) is 5.36. The maximum atomic E-state index is 11.3. The molecule has 0 aliphatic carbocycles. The first-order valence-corrected chi connectivity index (χ1v) is 8.60. The molecule has 0 radical (unpaired) electrons. The van der Waals surface area contributed by atoms with E-state index in [2.05, 4.69) is 34.1 Å². The van der Waals surface area contributed by atoms with Gasteiger partial charge in [0.25, 0.3) is 10.2 Å². The van der Waals surface area contributed by atoms with E-state index in [1.165, 1.54) is 9.87 Å². The van der Waals surface area contributed by atoms with Crippen LogP contribution in [0, 0.1) is 0 Å². The Hall–Kier alpha value is -1.74. The zero-order valence-corrected chi connectivity index (χ0v) is 13.0. The number of imidazole rings is 1. The van der Waals surface area contributed by atoms with Gasteiger partial charge in [0.05, 0.1) is 6.33 Å². The van der Waals surface area contributed by atoms with Gasteiger partial charge >= 0.3 is 0 Å². The number of hydrogen-bond donors (Lipinski definition) is 1. The van der Waals surface area contributed by atoms with Gasteiger partial charge in [0.2, 0.25) is 0 Å². The van der Waals surface area contributed by atoms with Gasteiger partial charge in [-0.25, -0.2) is 10.1 Å². The number of nitrogens with two attached hydrogens (primary N) is 1. The van der Waals surface area contributed by atoms with Gasteiger partial charge in [-0.3, -0.25) is 4.90 Å². The molecule has 1 aromatic heterocycles. The minimum Gasteiger partial charge on any atom is -0.306 e. The summed E-state index contributed by atoms with van der Waals surface area (Å²) >= 11 is 0. The monoisotopic (exact) mass is 321 g/mol. The maximum Gasteiger partial charge on any atom is 0.276 e. The molecule has 22 heavy (non-hydrogen) atoms. The van der Waals surface area contributed by atoms with Gasteiger partial charge in [-0.2, -0.15) is 12.7 Å². The Labute approximate surface area is 130 Å². The molecule has 118 valence electrons. The number of rotatable bonds is 4. The lowest BCUT2D eigenvalue weighted by atomic mass is 10.2. The van der Waals surface area contributed by atoms with Gasteiger partial charge < -0.3 is 4.57 Å². The van der Waals surface area contributed by atoms with Crippen molar-refractivity contribution in [3.63, 3.8) is 0 Å². The molecule has 1 fully saturated rings. The Morgan fingerprint density at radius 2 is 1.77 bits per heavy atom. The van der Waals surface area contributed by atoms with Gasteiger partial charge in [-0.15, -0.1) is 0 Å². The first-order chi connectivity index (χ1) is 10.5. The van der Waals surface area contributed by atoms with Crippen molar-refractivity contribution in [2.24, 2.45) is 5.14 Å². The summed E-state index contributed by atoms with van der Waals surface area (Å²) in [6, 6.07) is 8.28. The van der Waals surface area contributed by atoms with Crippen molar-refractivity contribution in [2.75, 3.05) is 26.2 Å². The minimum atomic E-state index is -3.55. The average molecular weight is 321 g/mol. The minimum absolute atomic E-state index is 0.450. The number of hydrogen-bond acceptors (Lipinski definition) is 4. The van der Waals surface area contributed by atoms with Gasteiger partial charge in [-0.05, 0) is 17.7 Å². The van der Waals surface area contributed by atoms with Crippen molar-refractivity contribution in [2.45, 2.75) is 6.54 Å². The molecular weight excluding hydrogens is 302 g/mol. The molecule has 1 aliphatic heterocycles. The van der Waals surface area contributed by atoms with Crippen molar-refractivity contribution in [1.82, 2.24) is 18.8 Å². The molecule has 1 saturated heterocycles. The highest BCUT2D eigenvalue weighted by atomic mass is 32.2. The predicted octanol–water partition coefficient (Wildman–Crippen LogP) is 0.193. The lowest BCUT2D eigenvalue weighted by molar-refractivity contribution is 0.181. The Kier molecular flexibility index (Phi) is 4.25. The number of piperazine rings is 1. The van der Waals surface area contributed by atoms with Crippen LogP contribution in [0.5, 0.6) is 0 Å². The summed E-state index contributed by atoms with van der Waals surface area (Å²) in [7, 11) is -3.55. The normalized spacial score (nSPS) is 17.7. The van der Waals surface area contributed by atoms with E-state index < -0.39 is 10.2 Å². The first-order valence-electron chi connectivity index (χ1n) is 7.10. The predicted molar refractivity (Wildman–Crippen MR) is 83.5 cm³/mol. The fourth-order valence-corrected chi connectivity index (χ4v) is 3.26. The zero-order chi connectivity index (χ0) is 15.6. The first kappa shape index (κ1) is 15.2. The van der Waals surface area contributed by atoms with Gasteiger partial charge in [0.15, 0.2) is 0 Å².